The second-order valence-corrected chi connectivity index (χ2v) is 2.87. The molecule has 0 aliphatic rings. The molecule has 0 aromatic rings. The van der Waals surface area contributed by atoms with Crippen LogP contribution in [-0.4, -0.2) is 23.7 Å². The van der Waals surface area contributed by atoms with E-state index in [4.69, 9.17) is 5.11 Å². The van der Waals surface area contributed by atoms with Gasteiger partial charge in [0.1, 0.15) is 0 Å². The molecule has 0 spiro atoms. The zero-order valence-corrected chi connectivity index (χ0v) is 6.20. The van der Waals surface area contributed by atoms with Crippen LogP contribution in [0, 0.1) is 5.41 Å². The lowest BCUT2D eigenvalue weighted by atomic mass is 9.89. The second-order valence-electron chi connectivity index (χ2n) is 2.87. The highest BCUT2D eigenvalue weighted by Crippen LogP contribution is 2.28. The lowest BCUT2D eigenvalue weighted by Gasteiger charge is -2.20. The summed E-state index contributed by atoms with van der Waals surface area (Å²) in [5.74, 6) is -1.90. The fourth-order valence-corrected chi connectivity index (χ4v) is 0.455. The Kier molecular flexibility index (Phi) is 2.66. The summed E-state index contributed by atoms with van der Waals surface area (Å²) in [5.41, 5.74) is -1.72. The van der Waals surface area contributed by atoms with Crippen molar-refractivity contribution in [1.82, 2.24) is 0 Å². The topological polar surface area (TPSA) is 37.3 Å². The maximum absolute atomic E-state index is 11.7. The van der Waals surface area contributed by atoms with Gasteiger partial charge in [-0.2, -0.15) is 13.2 Å². The number of halogens is 3. The van der Waals surface area contributed by atoms with Gasteiger partial charge in [-0.3, -0.25) is 4.79 Å². The molecule has 0 radical (unpaired) electrons. The van der Waals surface area contributed by atoms with Crippen molar-refractivity contribution in [2.75, 3.05) is 6.61 Å². The predicted molar refractivity (Wildman–Crippen MR) is 31.9 cm³/mol. The third-order valence-electron chi connectivity index (χ3n) is 1.27. The number of aliphatic hydroxyl groups excluding tert-OH is 1. The molecule has 0 amide bonds. The minimum absolute atomic E-state index is 0.800. The van der Waals surface area contributed by atoms with Crippen molar-refractivity contribution in [3.05, 3.63) is 0 Å². The van der Waals surface area contributed by atoms with Gasteiger partial charge in [-0.15, -0.1) is 0 Å². The summed E-state index contributed by atoms with van der Waals surface area (Å²) >= 11 is 0. The summed E-state index contributed by atoms with van der Waals surface area (Å²) in [5, 5.41) is 8.41. The van der Waals surface area contributed by atoms with Crippen LogP contribution in [0.3, 0.4) is 0 Å². The van der Waals surface area contributed by atoms with E-state index in [1.807, 2.05) is 0 Å². The fourth-order valence-electron chi connectivity index (χ4n) is 0.455. The molecule has 5 heteroatoms. The van der Waals surface area contributed by atoms with Crippen molar-refractivity contribution in [3.8, 4) is 0 Å². The first-order valence-corrected chi connectivity index (χ1v) is 2.94. The molecular weight excluding hydrogens is 161 g/mol. The predicted octanol–water partition coefficient (Wildman–Crippen LogP) is 1.14. The smallest absolute Gasteiger partial charge is 0.395 e. The van der Waals surface area contributed by atoms with Gasteiger partial charge in [0, 0.05) is 0 Å². The average Bonchev–Trinajstić information content (AvgIpc) is 1.84. The highest BCUT2D eigenvalue weighted by Gasteiger charge is 2.47. The maximum Gasteiger partial charge on any atom is 0.450 e. The Morgan fingerprint density at radius 2 is 1.73 bits per heavy atom. The van der Waals surface area contributed by atoms with Crippen molar-refractivity contribution in [3.63, 3.8) is 0 Å². The molecule has 0 rings (SSSR count). The highest BCUT2D eigenvalue weighted by molar-refractivity contribution is 5.89. The van der Waals surface area contributed by atoms with Crippen LogP contribution < -0.4 is 0 Å². The summed E-state index contributed by atoms with van der Waals surface area (Å²) in [6.07, 6.45) is -4.85. The Morgan fingerprint density at radius 3 is 1.82 bits per heavy atom. The zero-order valence-electron chi connectivity index (χ0n) is 6.20. The van der Waals surface area contributed by atoms with Crippen molar-refractivity contribution in [2.45, 2.75) is 20.0 Å². The van der Waals surface area contributed by atoms with Crippen molar-refractivity contribution in [1.29, 1.82) is 0 Å². The summed E-state index contributed by atoms with van der Waals surface area (Å²) in [6.45, 7) is 1.29. The summed E-state index contributed by atoms with van der Waals surface area (Å²) < 4.78 is 35.0. The van der Waals surface area contributed by atoms with E-state index in [2.05, 4.69) is 0 Å². The van der Waals surface area contributed by atoms with Gasteiger partial charge in [-0.25, -0.2) is 0 Å². The zero-order chi connectivity index (χ0) is 9.28. The van der Waals surface area contributed by atoms with Crippen LogP contribution in [0.15, 0.2) is 0 Å². The summed E-state index contributed by atoms with van der Waals surface area (Å²) in [6, 6.07) is 0. The lowest BCUT2D eigenvalue weighted by Crippen LogP contribution is -2.39. The van der Waals surface area contributed by atoms with Gasteiger partial charge in [0.2, 0.25) is 5.78 Å². The standard InChI is InChI=1S/C6H9F3O2/c1-5(2,3-10)4(11)6(7,8)9/h10H,3H2,1-2H3. The van der Waals surface area contributed by atoms with Crippen LogP contribution >= 0.6 is 0 Å². The molecule has 66 valence electrons. The van der Waals surface area contributed by atoms with Crippen molar-refractivity contribution in [2.24, 2.45) is 5.41 Å². The molecule has 0 saturated carbocycles. The molecule has 0 bridgehead atoms. The highest BCUT2D eigenvalue weighted by atomic mass is 19.4. The van der Waals surface area contributed by atoms with Crippen LogP contribution in [-0.2, 0) is 4.79 Å². The molecule has 0 fully saturated rings. The number of carbonyl (C=O) groups is 1. The van der Waals surface area contributed by atoms with Crippen molar-refractivity contribution < 1.29 is 23.1 Å². The molecule has 0 heterocycles. The van der Waals surface area contributed by atoms with Gasteiger partial charge in [0.15, 0.2) is 0 Å². The number of rotatable bonds is 2. The van der Waals surface area contributed by atoms with Gasteiger partial charge in [-0.05, 0) is 0 Å². The van der Waals surface area contributed by atoms with E-state index in [0.29, 0.717) is 0 Å². The van der Waals surface area contributed by atoms with Gasteiger partial charge in [0.05, 0.1) is 12.0 Å². The molecule has 0 unspecified atom stereocenters. The van der Waals surface area contributed by atoms with Crippen LogP contribution in [0.5, 0.6) is 0 Å². The normalized spacial score (nSPS) is 13.3. The SMILES string of the molecule is CC(C)(CO)C(=O)C(F)(F)F. The van der Waals surface area contributed by atoms with Gasteiger partial charge < -0.3 is 5.11 Å². The molecule has 0 aliphatic carbocycles. The third kappa shape index (κ3) is 2.49. The molecular formula is C6H9F3O2. The third-order valence-corrected chi connectivity index (χ3v) is 1.27. The van der Waals surface area contributed by atoms with Gasteiger partial charge in [0.25, 0.3) is 0 Å². The van der Waals surface area contributed by atoms with Crippen molar-refractivity contribution >= 4 is 5.78 Å². The first-order chi connectivity index (χ1) is 4.72. The van der Waals surface area contributed by atoms with Gasteiger partial charge in [-0.1, -0.05) is 13.8 Å². The van der Waals surface area contributed by atoms with E-state index in [9.17, 15) is 18.0 Å². The number of ketones is 1. The first kappa shape index (κ1) is 10.4. The van der Waals surface area contributed by atoms with Crippen LogP contribution in [0.4, 0.5) is 13.2 Å². The number of carbonyl (C=O) groups excluding carboxylic acids is 1. The van der Waals surface area contributed by atoms with E-state index in [1.165, 1.54) is 0 Å². The minimum Gasteiger partial charge on any atom is -0.395 e. The van der Waals surface area contributed by atoms with Crippen LogP contribution in [0.2, 0.25) is 0 Å². The van der Waals surface area contributed by atoms with Crippen LogP contribution in [0.1, 0.15) is 13.8 Å². The number of Topliss-reactive ketones (excluding diaryl/α,β-unsaturated/α-hetero) is 1. The summed E-state index contributed by atoms with van der Waals surface area (Å²) in [7, 11) is 0. The Morgan fingerprint density at radius 1 is 1.36 bits per heavy atom. The molecule has 0 saturated heterocycles. The molecule has 0 atom stereocenters. The largest absolute Gasteiger partial charge is 0.450 e. The lowest BCUT2D eigenvalue weighted by molar-refractivity contribution is -0.182. The van der Waals surface area contributed by atoms with Crippen LogP contribution in [0.25, 0.3) is 0 Å². The molecule has 11 heavy (non-hydrogen) atoms. The number of aliphatic hydroxyl groups is 1. The maximum atomic E-state index is 11.7. The van der Waals surface area contributed by atoms with Gasteiger partial charge >= 0.3 is 6.18 Å². The van der Waals surface area contributed by atoms with E-state index >= 15 is 0 Å². The Bertz CT molecular complexity index is 160. The molecule has 2 nitrogen and oxygen atoms in total. The van der Waals surface area contributed by atoms with E-state index in [-0.39, 0.29) is 0 Å². The molecule has 0 aromatic carbocycles. The quantitative estimate of drug-likeness (QED) is 0.674. The first-order valence-electron chi connectivity index (χ1n) is 2.94. The molecule has 0 aliphatic heterocycles. The summed E-state index contributed by atoms with van der Waals surface area (Å²) in [4.78, 5) is 10.4. The van der Waals surface area contributed by atoms with E-state index in [0.717, 1.165) is 13.8 Å². The van der Waals surface area contributed by atoms with E-state index < -0.39 is 24.0 Å². The average molecular weight is 170 g/mol. The number of hydrogen-bond acceptors (Lipinski definition) is 2. The number of hydrogen-bond donors (Lipinski definition) is 1. The molecule has 1 N–H and O–H groups in total. The second kappa shape index (κ2) is 2.81. The molecule has 0 aromatic heterocycles. The fraction of sp³-hybridized carbons (Fsp3) is 0.833. The minimum atomic E-state index is -4.85. The van der Waals surface area contributed by atoms with E-state index in [1.54, 1.807) is 0 Å². The monoisotopic (exact) mass is 170 g/mol. The Hall–Kier alpha value is -0.580. The number of alkyl halides is 3. The Balaban J connectivity index is 4.50. The Labute approximate surface area is 62.0 Å².